The minimum Gasteiger partial charge on any atom is -0.492 e. The highest BCUT2D eigenvalue weighted by Crippen LogP contribution is 2.26. The van der Waals surface area contributed by atoms with Gasteiger partial charge in [-0.1, -0.05) is 52.2 Å². The van der Waals surface area contributed by atoms with Crippen LogP contribution in [0, 0.1) is 0 Å². The van der Waals surface area contributed by atoms with Crippen LogP contribution in [0.4, 0.5) is 0 Å². The number of amides is 2. The number of carbonyl (C=O) groups excluding carboxylic acids is 2. The Morgan fingerprint density at radius 2 is 1.74 bits per heavy atom. The summed E-state index contributed by atoms with van der Waals surface area (Å²) in [5, 5.41) is 2.49. The summed E-state index contributed by atoms with van der Waals surface area (Å²) >= 11 is 8.53. The first kappa shape index (κ1) is 28.6. The Bertz CT molecular complexity index is 985. The fraction of sp³-hybridized carbons (Fsp3) is 0.423. The van der Waals surface area contributed by atoms with Crippen molar-refractivity contribution in [2.75, 3.05) is 13.2 Å². The molecule has 0 radical (unpaired) electrons. The van der Waals surface area contributed by atoms with Crippen molar-refractivity contribution in [1.29, 1.82) is 0 Å². The third kappa shape index (κ3) is 10.2. The number of rotatable bonds is 12. The maximum Gasteiger partial charge on any atom is 0.276 e. The summed E-state index contributed by atoms with van der Waals surface area (Å²) in [6.07, 6.45) is 5.55. The van der Waals surface area contributed by atoms with E-state index in [-0.39, 0.29) is 11.7 Å². The quantitative estimate of drug-likeness (QED) is 0.176. The third-order valence-corrected chi connectivity index (χ3v) is 6.25. The zero-order valence-electron chi connectivity index (χ0n) is 20.5. The molecule has 0 heterocycles. The average molecular weight is 565 g/mol. The molecule has 0 aliphatic heterocycles. The van der Waals surface area contributed by atoms with Gasteiger partial charge in [-0.25, -0.2) is 0 Å². The van der Waals surface area contributed by atoms with E-state index in [1.807, 2.05) is 24.3 Å². The van der Waals surface area contributed by atoms with Crippen molar-refractivity contribution >= 4 is 45.1 Å². The summed E-state index contributed by atoms with van der Waals surface area (Å²) < 4.78 is 11.9. The second kappa shape index (κ2) is 15.4. The first-order chi connectivity index (χ1) is 16.8. The van der Waals surface area contributed by atoms with Gasteiger partial charge in [-0.2, -0.15) is 0 Å². The Balaban J connectivity index is 1.72. The Labute approximate surface area is 221 Å². The average Bonchev–Trinajstić information content (AvgIpc) is 2.86. The molecule has 35 heavy (non-hydrogen) atoms. The molecule has 2 amide bonds. The lowest BCUT2D eigenvalue weighted by Gasteiger charge is -2.13. The zero-order valence-corrected chi connectivity index (χ0v) is 22.9. The van der Waals surface area contributed by atoms with Crippen LogP contribution in [0.3, 0.4) is 0 Å². The molecule has 0 fully saturated rings. The lowest BCUT2D eigenvalue weighted by atomic mass is 9.99. The highest BCUT2D eigenvalue weighted by atomic mass is 79.9. The van der Waals surface area contributed by atoms with E-state index in [0.717, 1.165) is 19.3 Å². The van der Waals surface area contributed by atoms with Crippen LogP contribution < -0.4 is 25.6 Å². The number of hydrazine groups is 1. The van der Waals surface area contributed by atoms with E-state index in [1.54, 1.807) is 18.2 Å². The fourth-order valence-corrected chi connectivity index (χ4v) is 3.75. The first-order valence-electron chi connectivity index (χ1n) is 11.9. The number of hydrogen-bond acceptors (Lipinski definition) is 5. The highest BCUT2D eigenvalue weighted by Gasteiger charge is 2.12. The predicted octanol–water partition coefficient (Wildman–Crippen LogP) is 5.64. The summed E-state index contributed by atoms with van der Waals surface area (Å²) in [6.45, 7) is 6.90. The summed E-state index contributed by atoms with van der Waals surface area (Å²) in [4.78, 5) is 24.5. The molecule has 0 aromatic heterocycles. The van der Waals surface area contributed by atoms with E-state index in [0.29, 0.717) is 34.1 Å². The van der Waals surface area contributed by atoms with E-state index in [4.69, 9.17) is 21.7 Å². The summed E-state index contributed by atoms with van der Waals surface area (Å²) in [5.74, 6) is 0.906. The minimum absolute atomic E-state index is 0.0337. The number of thiocarbonyl (C=S) groups is 1. The van der Waals surface area contributed by atoms with Gasteiger partial charge in [-0.05, 0) is 82.8 Å². The Kier molecular flexibility index (Phi) is 12.6. The van der Waals surface area contributed by atoms with Gasteiger partial charge in [-0.15, -0.1) is 0 Å². The van der Waals surface area contributed by atoms with Crippen LogP contribution >= 0.6 is 28.1 Å². The van der Waals surface area contributed by atoms with Gasteiger partial charge in [0.25, 0.3) is 11.8 Å². The molecule has 0 aliphatic rings. The van der Waals surface area contributed by atoms with Crippen molar-refractivity contribution in [2.45, 2.75) is 58.8 Å². The molecule has 1 atom stereocenters. The molecule has 2 rings (SSSR count). The van der Waals surface area contributed by atoms with Crippen LogP contribution in [-0.4, -0.2) is 30.1 Å². The number of nitrogens with one attached hydrogen (secondary N) is 3. The van der Waals surface area contributed by atoms with Crippen LogP contribution in [0.1, 0.15) is 74.7 Å². The van der Waals surface area contributed by atoms with Crippen LogP contribution in [0.5, 0.6) is 11.5 Å². The molecule has 0 bridgehead atoms. The zero-order chi connectivity index (χ0) is 25.6. The summed E-state index contributed by atoms with van der Waals surface area (Å²) in [6, 6.07) is 12.7. The lowest BCUT2D eigenvalue weighted by molar-refractivity contribution is -0.123. The fourth-order valence-electron chi connectivity index (χ4n) is 3.12. The topological polar surface area (TPSA) is 88.7 Å². The maximum absolute atomic E-state index is 12.5. The SMILES string of the molecule is CCCCCCOc1ccc(C(=O)NC(=S)NNC(=O)COc2ccc(C(C)CC)cc2)cc1Br. The van der Waals surface area contributed by atoms with Gasteiger partial charge in [0, 0.05) is 5.56 Å². The van der Waals surface area contributed by atoms with E-state index < -0.39 is 11.8 Å². The molecule has 2 aromatic carbocycles. The van der Waals surface area contributed by atoms with Crippen molar-refractivity contribution < 1.29 is 19.1 Å². The van der Waals surface area contributed by atoms with Crippen LogP contribution in [0.25, 0.3) is 0 Å². The second-order valence-electron chi connectivity index (χ2n) is 8.18. The minimum atomic E-state index is -0.434. The van der Waals surface area contributed by atoms with Crippen molar-refractivity contribution in [2.24, 2.45) is 0 Å². The molecule has 190 valence electrons. The first-order valence-corrected chi connectivity index (χ1v) is 13.1. The van der Waals surface area contributed by atoms with Gasteiger partial charge in [0.2, 0.25) is 0 Å². The van der Waals surface area contributed by atoms with E-state index in [2.05, 4.69) is 52.9 Å². The monoisotopic (exact) mass is 563 g/mol. The van der Waals surface area contributed by atoms with E-state index in [1.165, 1.54) is 18.4 Å². The van der Waals surface area contributed by atoms with Gasteiger partial charge in [0.1, 0.15) is 11.5 Å². The lowest BCUT2D eigenvalue weighted by Crippen LogP contribution is -2.49. The van der Waals surface area contributed by atoms with Crippen molar-refractivity contribution in [3.63, 3.8) is 0 Å². The molecule has 9 heteroatoms. The van der Waals surface area contributed by atoms with Gasteiger partial charge >= 0.3 is 0 Å². The van der Waals surface area contributed by atoms with Crippen LogP contribution in [0.15, 0.2) is 46.9 Å². The maximum atomic E-state index is 12.5. The predicted molar refractivity (Wildman–Crippen MR) is 146 cm³/mol. The molecule has 0 saturated carbocycles. The third-order valence-electron chi connectivity index (χ3n) is 5.42. The number of hydrogen-bond donors (Lipinski definition) is 3. The highest BCUT2D eigenvalue weighted by molar-refractivity contribution is 9.10. The molecule has 0 aliphatic carbocycles. The standard InChI is InChI=1S/C26H34BrN3O4S/c1-4-6-7-8-15-33-23-14-11-20(16-22(23)27)25(32)28-26(35)30-29-24(31)17-34-21-12-9-19(10-13-21)18(3)5-2/h9-14,16,18H,4-8,15,17H2,1-3H3,(H,29,31)(H2,28,30,32,35). The number of halogens is 1. The number of ether oxygens (including phenoxy) is 2. The van der Waals surface area contributed by atoms with Crippen LogP contribution in [-0.2, 0) is 4.79 Å². The van der Waals surface area contributed by atoms with Crippen molar-refractivity contribution in [3.05, 3.63) is 58.1 Å². The Morgan fingerprint density at radius 3 is 2.40 bits per heavy atom. The summed E-state index contributed by atoms with van der Waals surface area (Å²) in [5.41, 5.74) is 6.54. The van der Waals surface area contributed by atoms with E-state index in [9.17, 15) is 9.59 Å². The molecular weight excluding hydrogens is 530 g/mol. The largest absolute Gasteiger partial charge is 0.492 e. The normalized spacial score (nSPS) is 11.3. The van der Waals surface area contributed by atoms with Gasteiger partial charge < -0.3 is 9.47 Å². The molecule has 0 spiro atoms. The molecule has 7 nitrogen and oxygen atoms in total. The molecular formula is C26H34BrN3O4S. The van der Waals surface area contributed by atoms with E-state index >= 15 is 0 Å². The second-order valence-corrected chi connectivity index (χ2v) is 9.44. The van der Waals surface area contributed by atoms with Gasteiger partial charge in [-0.3, -0.25) is 25.8 Å². The van der Waals surface area contributed by atoms with Crippen molar-refractivity contribution in [3.8, 4) is 11.5 Å². The molecule has 2 aromatic rings. The Morgan fingerprint density at radius 1 is 1.00 bits per heavy atom. The van der Waals surface area contributed by atoms with Gasteiger partial charge in [0.15, 0.2) is 11.7 Å². The molecule has 1 unspecified atom stereocenters. The number of unbranched alkanes of at least 4 members (excludes halogenated alkanes) is 3. The smallest absolute Gasteiger partial charge is 0.276 e. The Hall–Kier alpha value is -2.65. The van der Waals surface area contributed by atoms with Crippen LogP contribution in [0.2, 0.25) is 0 Å². The molecule has 0 saturated heterocycles. The number of carbonyl (C=O) groups is 2. The number of benzene rings is 2. The molecule has 3 N–H and O–H groups in total. The summed E-state index contributed by atoms with van der Waals surface area (Å²) in [7, 11) is 0. The van der Waals surface area contributed by atoms with Gasteiger partial charge in [0.05, 0.1) is 11.1 Å². The van der Waals surface area contributed by atoms with Crippen molar-refractivity contribution in [1.82, 2.24) is 16.2 Å².